The quantitative estimate of drug-likeness (QED) is 0.0407. The predicted molar refractivity (Wildman–Crippen MR) is 178 cm³/mol. The fourth-order valence-corrected chi connectivity index (χ4v) is 5.76. The molecule has 0 heterocycles. The molecule has 0 aliphatic heterocycles. The molecule has 0 aliphatic rings. The molecule has 290 valence electrons. The lowest BCUT2D eigenvalue weighted by Crippen LogP contribution is -2.39. The van der Waals surface area contributed by atoms with Crippen LogP contribution in [0, 0.1) is 23.7 Å². The van der Waals surface area contributed by atoms with Crippen molar-refractivity contribution >= 4 is 35.8 Å². The number of nitrogens with two attached hydrogens (primary N) is 1. The Kier molecular flexibility index (Phi) is 23.1. The lowest BCUT2D eigenvalue weighted by atomic mass is 9.89. The summed E-state index contributed by atoms with van der Waals surface area (Å²) in [4.78, 5) is 71.5. The third-order valence-electron chi connectivity index (χ3n) is 8.52. The van der Waals surface area contributed by atoms with Crippen LogP contribution in [0.1, 0.15) is 118 Å². The molecule has 0 bridgehead atoms. The number of rotatable bonds is 29. The van der Waals surface area contributed by atoms with Gasteiger partial charge in [0.25, 0.3) is 0 Å². The van der Waals surface area contributed by atoms with Crippen LogP contribution in [0.5, 0.6) is 0 Å². The summed E-state index contributed by atoms with van der Waals surface area (Å²) in [6, 6.07) is -0.476. The number of aliphatic hydroxyl groups is 3. The van der Waals surface area contributed by atoms with E-state index >= 15 is 0 Å². The molecule has 16 nitrogen and oxygen atoms in total. The van der Waals surface area contributed by atoms with Crippen LogP contribution in [-0.2, 0) is 38.2 Å². The van der Waals surface area contributed by atoms with Crippen molar-refractivity contribution in [2.75, 3.05) is 0 Å². The van der Waals surface area contributed by atoms with Gasteiger partial charge in [-0.1, -0.05) is 46.5 Å². The van der Waals surface area contributed by atoms with E-state index in [0.29, 0.717) is 32.1 Å². The zero-order valence-electron chi connectivity index (χ0n) is 29.6. The first-order valence-electron chi connectivity index (χ1n) is 17.3. The topological polar surface area (TPSA) is 289 Å². The Labute approximate surface area is 293 Å². The number of carboxylic acids is 4. The molecular formula is C34H59NO15. The molecule has 0 saturated heterocycles. The van der Waals surface area contributed by atoms with Crippen LogP contribution < -0.4 is 5.73 Å². The van der Waals surface area contributed by atoms with Crippen LogP contribution in [0.4, 0.5) is 0 Å². The molecule has 0 aromatic carbocycles. The van der Waals surface area contributed by atoms with Gasteiger partial charge >= 0.3 is 35.8 Å². The smallest absolute Gasteiger partial charge is 0.307 e. The number of carbonyl (C=O) groups is 6. The maximum atomic E-state index is 13.0. The SMILES string of the molecule is CCC[C@H](C)C[C@H](OC(=O)C[C@H](CC(=O)O)C(=O)O)[C@H](C[C@H](C)C[C@H](O)CCCC[C@H](O)C[C@H](O)[C@H](C)N)OC(=O)C[C@@H](CC(=O)O)C(=O)O. The highest BCUT2D eigenvalue weighted by molar-refractivity contribution is 5.83. The molecule has 0 radical (unpaired) electrons. The van der Waals surface area contributed by atoms with Crippen LogP contribution in [0.3, 0.4) is 0 Å². The van der Waals surface area contributed by atoms with Gasteiger partial charge in [0.2, 0.25) is 0 Å². The fourth-order valence-electron chi connectivity index (χ4n) is 5.76. The van der Waals surface area contributed by atoms with Gasteiger partial charge in [-0.2, -0.15) is 0 Å². The summed E-state index contributed by atoms with van der Waals surface area (Å²) in [5.41, 5.74) is 5.63. The van der Waals surface area contributed by atoms with E-state index in [9.17, 15) is 54.3 Å². The molecule has 0 unspecified atom stereocenters. The number of hydrogen-bond donors (Lipinski definition) is 8. The normalized spacial score (nSPS) is 17.5. The van der Waals surface area contributed by atoms with Gasteiger partial charge in [0.05, 0.1) is 55.8 Å². The molecular weight excluding hydrogens is 662 g/mol. The zero-order chi connectivity index (χ0) is 38.6. The van der Waals surface area contributed by atoms with E-state index in [0.717, 1.165) is 6.42 Å². The minimum absolute atomic E-state index is 0.0294. The van der Waals surface area contributed by atoms with Crippen molar-refractivity contribution in [3.05, 3.63) is 0 Å². The Morgan fingerprint density at radius 3 is 1.34 bits per heavy atom. The summed E-state index contributed by atoms with van der Waals surface area (Å²) in [7, 11) is 0. The molecule has 0 amide bonds. The number of ether oxygens (including phenoxy) is 2. The maximum Gasteiger partial charge on any atom is 0.307 e. The summed E-state index contributed by atoms with van der Waals surface area (Å²) in [6.07, 6.45) is -4.05. The van der Waals surface area contributed by atoms with Gasteiger partial charge in [-0.05, 0) is 50.9 Å². The minimum atomic E-state index is -1.59. The molecule has 0 fully saturated rings. The molecule has 0 rings (SSSR count). The standard InChI is InChI=1S/C34H59NO15/c1-5-8-19(2)12-27(49-31(43)16-22(33(45)46)14-29(39)40)28(50-32(44)17-23(34(47)48)15-30(41)42)13-20(3)11-24(36)9-6-7-10-25(37)18-26(38)21(4)35/h19-28,36-38H,5-18,35H2,1-4H3,(H,39,40)(H,41,42)(H,45,46)(H,47,48)/t19-,20+,21-,22-,23+,24+,25-,26-,27-,28-/m0/s1. The van der Waals surface area contributed by atoms with E-state index in [1.807, 2.05) is 13.8 Å². The first-order chi connectivity index (χ1) is 23.2. The second-order valence-electron chi connectivity index (χ2n) is 13.7. The molecule has 0 aromatic rings. The van der Waals surface area contributed by atoms with Gasteiger partial charge in [0.1, 0.15) is 12.2 Å². The van der Waals surface area contributed by atoms with E-state index in [4.69, 9.17) is 25.4 Å². The molecule has 50 heavy (non-hydrogen) atoms. The van der Waals surface area contributed by atoms with Crippen LogP contribution in [-0.4, -0.2) is 108 Å². The molecule has 0 saturated carbocycles. The van der Waals surface area contributed by atoms with Crippen molar-refractivity contribution in [3.8, 4) is 0 Å². The van der Waals surface area contributed by atoms with Crippen molar-refractivity contribution in [1.82, 2.24) is 0 Å². The Balaban J connectivity index is 5.95. The summed E-state index contributed by atoms with van der Waals surface area (Å²) in [5.74, 6) is -11.6. The molecule has 0 aromatic heterocycles. The van der Waals surface area contributed by atoms with Gasteiger partial charge in [0, 0.05) is 12.5 Å². The Morgan fingerprint density at radius 2 is 0.980 bits per heavy atom. The van der Waals surface area contributed by atoms with Gasteiger partial charge < -0.3 is 51.0 Å². The summed E-state index contributed by atoms with van der Waals surface area (Å²) in [6.45, 7) is 7.20. The van der Waals surface area contributed by atoms with Crippen LogP contribution in [0.2, 0.25) is 0 Å². The van der Waals surface area contributed by atoms with Crippen LogP contribution in [0.15, 0.2) is 0 Å². The third kappa shape index (κ3) is 21.7. The van der Waals surface area contributed by atoms with Gasteiger partial charge in [-0.25, -0.2) is 0 Å². The van der Waals surface area contributed by atoms with Crippen LogP contribution in [0.25, 0.3) is 0 Å². The number of hydrogen-bond acceptors (Lipinski definition) is 12. The van der Waals surface area contributed by atoms with Crippen molar-refractivity contribution < 1.29 is 74.0 Å². The zero-order valence-corrected chi connectivity index (χ0v) is 29.6. The van der Waals surface area contributed by atoms with Crippen molar-refractivity contribution in [2.45, 2.75) is 154 Å². The first-order valence-corrected chi connectivity index (χ1v) is 17.3. The van der Waals surface area contributed by atoms with Gasteiger partial charge in [0.15, 0.2) is 0 Å². The summed E-state index contributed by atoms with van der Waals surface area (Å²) >= 11 is 0. The van der Waals surface area contributed by atoms with E-state index < -0.39 is 110 Å². The van der Waals surface area contributed by atoms with Crippen LogP contribution >= 0.6 is 0 Å². The highest BCUT2D eigenvalue weighted by Crippen LogP contribution is 2.28. The molecule has 16 heteroatoms. The molecule has 0 spiro atoms. The number of unbranched alkanes of at least 4 members (excludes halogenated alkanes) is 1. The van der Waals surface area contributed by atoms with Gasteiger partial charge in [-0.3, -0.25) is 28.8 Å². The third-order valence-corrected chi connectivity index (χ3v) is 8.52. The minimum Gasteiger partial charge on any atom is -0.481 e. The average Bonchev–Trinajstić information content (AvgIpc) is 2.97. The molecule has 0 aliphatic carbocycles. The number of aliphatic hydroxyl groups excluding tert-OH is 3. The van der Waals surface area contributed by atoms with E-state index in [-0.39, 0.29) is 37.5 Å². The monoisotopic (exact) mass is 721 g/mol. The average molecular weight is 722 g/mol. The number of carboxylic acid groups (broad SMARTS) is 4. The Hall–Kier alpha value is -3.34. The molecule has 9 N–H and O–H groups in total. The number of carbonyl (C=O) groups excluding carboxylic acids is 2. The largest absolute Gasteiger partial charge is 0.481 e. The van der Waals surface area contributed by atoms with E-state index in [1.165, 1.54) is 0 Å². The van der Waals surface area contributed by atoms with Gasteiger partial charge in [-0.15, -0.1) is 0 Å². The first kappa shape index (κ1) is 46.7. The number of esters is 2. The van der Waals surface area contributed by atoms with Crippen molar-refractivity contribution in [2.24, 2.45) is 29.4 Å². The Bertz CT molecular complexity index is 1070. The second-order valence-corrected chi connectivity index (χ2v) is 13.7. The van der Waals surface area contributed by atoms with E-state index in [1.54, 1.807) is 13.8 Å². The fraction of sp³-hybridized carbons (Fsp3) is 0.824. The molecule has 10 atom stereocenters. The second kappa shape index (κ2) is 24.7. The lowest BCUT2D eigenvalue weighted by Gasteiger charge is -2.31. The lowest BCUT2D eigenvalue weighted by molar-refractivity contribution is -0.174. The Morgan fingerprint density at radius 1 is 0.580 bits per heavy atom. The highest BCUT2D eigenvalue weighted by Gasteiger charge is 2.35. The summed E-state index contributed by atoms with van der Waals surface area (Å²) < 4.78 is 11.3. The summed E-state index contributed by atoms with van der Waals surface area (Å²) in [5, 5.41) is 67.7. The van der Waals surface area contributed by atoms with E-state index in [2.05, 4.69) is 0 Å². The van der Waals surface area contributed by atoms with Crippen molar-refractivity contribution in [1.29, 1.82) is 0 Å². The van der Waals surface area contributed by atoms with Crippen molar-refractivity contribution in [3.63, 3.8) is 0 Å². The predicted octanol–water partition coefficient (Wildman–Crippen LogP) is 2.56. The maximum absolute atomic E-state index is 13.0. The highest BCUT2D eigenvalue weighted by atomic mass is 16.6. The number of aliphatic carboxylic acids is 4.